The van der Waals surface area contributed by atoms with E-state index in [1.165, 1.54) is 11.1 Å². The van der Waals surface area contributed by atoms with Crippen LogP contribution in [0.5, 0.6) is 5.75 Å². The van der Waals surface area contributed by atoms with Crippen LogP contribution >= 0.6 is 0 Å². The van der Waals surface area contributed by atoms with Crippen molar-refractivity contribution in [3.8, 4) is 5.75 Å². The van der Waals surface area contributed by atoms with Crippen LogP contribution in [0.4, 0.5) is 0 Å². The van der Waals surface area contributed by atoms with Gasteiger partial charge in [-0.1, -0.05) is 61.0 Å². The van der Waals surface area contributed by atoms with Crippen molar-refractivity contribution in [2.75, 3.05) is 7.05 Å². The van der Waals surface area contributed by atoms with Crippen molar-refractivity contribution >= 4 is 5.97 Å². The van der Waals surface area contributed by atoms with Crippen LogP contribution in [0, 0.1) is 0 Å². The van der Waals surface area contributed by atoms with Crippen LogP contribution in [0.15, 0.2) is 18.2 Å². The molecule has 0 heterocycles. The smallest absolute Gasteiger partial charge is 0.331 e. The van der Waals surface area contributed by atoms with E-state index in [4.69, 9.17) is 4.74 Å². The summed E-state index contributed by atoms with van der Waals surface area (Å²) in [5.41, 5.74) is 1.70. The zero-order valence-electron chi connectivity index (χ0n) is 17.0. The number of hydrogen-bond acceptors (Lipinski definition) is 3. The van der Waals surface area contributed by atoms with E-state index in [0.717, 1.165) is 12.8 Å². The van der Waals surface area contributed by atoms with Gasteiger partial charge in [-0.25, -0.2) is 4.79 Å². The third-order valence-corrected chi connectivity index (χ3v) is 4.60. The van der Waals surface area contributed by atoms with Gasteiger partial charge in [0.05, 0.1) is 0 Å². The van der Waals surface area contributed by atoms with E-state index in [1.54, 1.807) is 0 Å². The molecule has 0 aliphatic heterocycles. The van der Waals surface area contributed by atoms with E-state index in [9.17, 15) is 4.79 Å². The zero-order chi connectivity index (χ0) is 18.8. The molecule has 1 aromatic rings. The predicted molar refractivity (Wildman–Crippen MR) is 102 cm³/mol. The van der Waals surface area contributed by atoms with Gasteiger partial charge in [0, 0.05) is 0 Å². The van der Waals surface area contributed by atoms with Crippen LogP contribution in [0.1, 0.15) is 79.4 Å². The number of carbonyl (C=O) groups is 1. The molecule has 3 heteroatoms. The first-order chi connectivity index (χ1) is 10.8. The van der Waals surface area contributed by atoms with Crippen molar-refractivity contribution in [1.29, 1.82) is 0 Å². The third-order valence-electron chi connectivity index (χ3n) is 4.60. The molecule has 1 atom stereocenters. The third kappa shape index (κ3) is 5.07. The molecule has 1 unspecified atom stereocenters. The van der Waals surface area contributed by atoms with Gasteiger partial charge in [0.15, 0.2) is 0 Å². The van der Waals surface area contributed by atoms with Gasteiger partial charge in [0.1, 0.15) is 11.3 Å². The second-order valence-corrected chi connectivity index (χ2v) is 8.97. The van der Waals surface area contributed by atoms with Gasteiger partial charge in [0.2, 0.25) is 0 Å². The second kappa shape index (κ2) is 7.26. The molecule has 1 N–H and O–H groups in total. The van der Waals surface area contributed by atoms with E-state index < -0.39 is 5.54 Å². The fourth-order valence-corrected chi connectivity index (χ4v) is 2.57. The summed E-state index contributed by atoms with van der Waals surface area (Å²) < 4.78 is 5.79. The summed E-state index contributed by atoms with van der Waals surface area (Å²) in [6, 6.07) is 6.21. The van der Waals surface area contributed by atoms with E-state index in [1.807, 2.05) is 26.1 Å². The Labute approximate surface area is 148 Å². The molecule has 0 radical (unpaired) electrons. The lowest BCUT2D eigenvalue weighted by atomic mass is 9.80. The fourth-order valence-electron chi connectivity index (χ4n) is 2.57. The normalized spacial score (nSPS) is 15.0. The summed E-state index contributed by atoms with van der Waals surface area (Å²) in [6.45, 7) is 17.0. The minimum atomic E-state index is -0.658. The van der Waals surface area contributed by atoms with Crippen LogP contribution < -0.4 is 10.1 Å². The molecule has 24 heavy (non-hydrogen) atoms. The molecule has 0 fully saturated rings. The summed E-state index contributed by atoms with van der Waals surface area (Å²) in [5, 5.41) is 3.11. The number of likely N-dealkylation sites (N-methyl/N-ethyl adjacent to an activating group) is 1. The van der Waals surface area contributed by atoms with Crippen molar-refractivity contribution in [3.63, 3.8) is 0 Å². The largest absolute Gasteiger partial charge is 0.425 e. The van der Waals surface area contributed by atoms with Gasteiger partial charge in [-0.15, -0.1) is 0 Å². The molecule has 0 bridgehead atoms. The summed E-state index contributed by atoms with van der Waals surface area (Å²) in [5.74, 6) is 0.410. The molecule has 0 spiro atoms. The van der Waals surface area contributed by atoms with Gasteiger partial charge in [-0.2, -0.15) is 0 Å². The van der Waals surface area contributed by atoms with Crippen molar-refractivity contribution in [3.05, 3.63) is 29.3 Å². The quantitative estimate of drug-likeness (QED) is 0.611. The Morgan fingerprint density at radius 3 is 1.75 bits per heavy atom. The summed E-state index contributed by atoms with van der Waals surface area (Å²) in [7, 11) is 1.81. The van der Waals surface area contributed by atoms with Crippen molar-refractivity contribution < 1.29 is 9.53 Å². The van der Waals surface area contributed by atoms with Crippen molar-refractivity contribution in [2.24, 2.45) is 0 Å². The molecule has 0 aliphatic rings. The van der Waals surface area contributed by atoms with Gasteiger partial charge in [-0.3, -0.25) is 0 Å². The molecular formula is C21H35NO2. The standard InChI is InChI=1S/C21H35NO2/c1-10-11-21(8,22-9)18(23)24-17-13-15(19(2,3)4)12-16(14-17)20(5,6)7/h12-14,22H,10-11H2,1-9H3. The van der Waals surface area contributed by atoms with Crippen LogP contribution in [-0.4, -0.2) is 18.6 Å². The van der Waals surface area contributed by atoms with E-state index in [-0.39, 0.29) is 16.8 Å². The summed E-state index contributed by atoms with van der Waals surface area (Å²) in [4.78, 5) is 12.7. The number of hydrogen-bond donors (Lipinski definition) is 1. The first-order valence-electron chi connectivity index (χ1n) is 8.91. The lowest BCUT2D eigenvalue weighted by Gasteiger charge is -2.28. The number of benzene rings is 1. The van der Waals surface area contributed by atoms with Crippen LogP contribution in [0.2, 0.25) is 0 Å². The molecule has 1 rings (SSSR count). The number of nitrogens with one attached hydrogen (secondary N) is 1. The molecule has 0 saturated carbocycles. The number of rotatable bonds is 5. The van der Waals surface area contributed by atoms with Crippen molar-refractivity contribution in [2.45, 2.75) is 84.6 Å². The van der Waals surface area contributed by atoms with Crippen LogP contribution in [0.25, 0.3) is 0 Å². The van der Waals surface area contributed by atoms with Gasteiger partial charge >= 0.3 is 5.97 Å². The van der Waals surface area contributed by atoms with Crippen LogP contribution in [0.3, 0.4) is 0 Å². The van der Waals surface area contributed by atoms with Gasteiger partial charge < -0.3 is 10.1 Å². The SMILES string of the molecule is CCCC(C)(NC)C(=O)Oc1cc(C(C)(C)C)cc(C(C)(C)C)c1. The molecule has 0 aliphatic carbocycles. The second-order valence-electron chi connectivity index (χ2n) is 8.97. The lowest BCUT2D eigenvalue weighted by Crippen LogP contribution is -2.49. The number of ether oxygens (including phenoxy) is 1. The highest BCUT2D eigenvalue weighted by atomic mass is 16.5. The highest BCUT2D eigenvalue weighted by molar-refractivity contribution is 5.82. The first-order valence-corrected chi connectivity index (χ1v) is 8.91. The van der Waals surface area contributed by atoms with Crippen molar-refractivity contribution in [1.82, 2.24) is 5.32 Å². The Morgan fingerprint density at radius 1 is 0.958 bits per heavy atom. The number of carbonyl (C=O) groups excluding carboxylic acids is 1. The Balaban J connectivity index is 3.26. The maximum Gasteiger partial charge on any atom is 0.331 e. The highest BCUT2D eigenvalue weighted by Gasteiger charge is 2.33. The average molecular weight is 334 g/mol. The molecule has 136 valence electrons. The maximum absolute atomic E-state index is 12.7. The van der Waals surface area contributed by atoms with E-state index in [0.29, 0.717) is 5.75 Å². The predicted octanol–water partition coefficient (Wildman–Crippen LogP) is 4.97. The molecule has 0 aromatic heterocycles. The van der Waals surface area contributed by atoms with E-state index >= 15 is 0 Å². The Hall–Kier alpha value is -1.35. The van der Waals surface area contributed by atoms with Gasteiger partial charge in [-0.05, 0) is 54.5 Å². The summed E-state index contributed by atoms with van der Waals surface area (Å²) in [6.07, 6.45) is 1.66. The first kappa shape index (κ1) is 20.7. The minimum Gasteiger partial charge on any atom is -0.425 e. The molecule has 0 amide bonds. The van der Waals surface area contributed by atoms with Crippen LogP contribution in [-0.2, 0) is 15.6 Å². The lowest BCUT2D eigenvalue weighted by molar-refractivity contribution is -0.141. The average Bonchev–Trinajstić information content (AvgIpc) is 2.45. The summed E-state index contributed by atoms with van der Waals surface area (Å²) >= 11 is 0. The Bertz CT molecular complexity index is 546. The maximum atomic E-state index is 12.7. The Kier molecular flexibility index (Phi) is 6.26. The monoisotopic (exact) mass is 333 g/mol. The molecular weight excluding hydrogens is 298 g/mol. The van der Waals surface area contributed by atoms with Gasteiger partial charge in [0.25, 0.3) is 0 Å². The zero-order valence-corrected chi connectivity index (χ0v) is 17.0. The number of esters is 1. The fraction of sp³-hybridized carbons (Fsp3) is 0.667. The topological polar surface area (TPSA) is 38.3 Å². The van der Waals surface area contributed by atoms with E-state index in [2.05, 4.69) is 59.8 Å². The highest BCUT2D eigenvalue weighted by Crippen LogP contribution is 2.33. The molecule has 1 aromatic carbocycles. The molecule has 0 saturated heterocycles. The Morgan fingerprint density at radius 2 is 1.42 bits per heavy atom. The minimum absolute atomic E-state index is 0.00184. The molecule has 3 nitrogen and oxygen atoms in total.